The van der Waals surface area contributed by atoms with Gasteiger partial charge in [-0.2, -0.15) is 0 Å². The molecule has 0 radical (unpaired) electrons. The van der Waals surface area contributed by atoms with Crippen LogP contribution in [-0.2, 0) is 0 Å². The maximum Gasteiger partial charge on any atom is 0.0431 e. The van der Waals surface area contributed by atoms with Crippen LogP contribution in [0.15, 0.2) is 0 Å². The van der Waals surface area contributed by atoms with Gasteiger partial charge in [-0.1, -0.05) is 12.8 Å². The molecule has 1 saturated heterocycles. The van der Waals surface area contributed by atoms with Gasteiger partial charge in [0.15, 0.2) is 0 Å². The lowest BCUT2D eigenvalue weighted by molar-refractivity contribution is 0.175. The molecule has 82 valence electrons. The van der Waals surface area contributed by atoms with Crippen molar-refractivity contribution in [1.29, 1.82) is 0 Å². The van der Waals surface area contributed by atoms with Crippen molar-refractivity contribution < 1.29 is 5.11 Å². The fourth-order valence-corrected chi connectivity index (χ4v) is 3.21. The van der Waals surface area contributed by atoms with Crippen LogP contribution in [0.25, 0.3) is 0 Å². The Morgan fingerprint density at radius 2 is 1.93 bits per heavy atom. The summed E-state index contributed by atoms with van der Waals surface area (Å²) in [4.78, 5) is 2.68. The van der Waals surface area contributed by atoms with E-state index in [4.69, 9.17) is 5.11 Å². The Balaban J connectivity index is 1.76. The van der Waals surface area contributed by atoms with E-state index in [1.165, 1.54) is 51.6 Å². The summed E-state index contributed by atoms with van der Waals surface area (Å²) >= 11 is 0. The number of aliphatic hydroxyl groups excluding tert-OH is 1. The van der Waals surface area contributed by atoms with E-state index in [0.717, 1.165) is 18.4 Å². The molecule has 0 aromatic heterocycles. The second-order valence-corrected chi connectivity index (χ2v) is 4.87. The maximum atomic E-state index is 8.75. The van der Waals surface area contributed by atoms with Gasteiger partial charge in [-0.15, -0.1) is 0 Å². The number of fused-ring (bicyclic) bond motifs is 1. The SMILES string of the molecule is OCCCCN1CCC2CCCCC21. The molecule has 1 N–H and O–H groups in total. The normalized spacial score (nSPS) is 33.2. The molecule has 2 nitrogen and oxygen atoms in total. The smallest absolute Gasteiger partial charge is 0.0431 e. The van der Waals surface area contributed by atoms with Gasteiger partial charge >= 0.3 is 0 Å². The van der Waals surface area contributed by atoms with E-state index in [1.54, 1.807) is 0 Å². The summed E-state index contributed by atoms with van der Waals surface area (Å²) in [5.74, 6) is 1.01. The summed E-state index contributed by atoms with van der Waals surface area (Å²) < 4.78 is 0. The van der Waals surface area contributed by atoms with Crippen molar-refractivity contribution in [3.05, 3.63) is 0 Å². The van der Waals surface area contributed by atoms with Gasteiger partial charge < -0.3 is 10.0 Å². The monoisotopic (exact) mass is 197 g/mol. The molecular weight excluding hydrogens is 174 g/mol. The van der Waals surface area contributed by atoms with Gasteiger partial charge in [0.05, 0.1) is 0 Å². The third-order valence-corrected chi connectivity index (χ3v) is 3.98. The van der Waals surface area contributed by atoms with Crippen LogP contribution in [0.4, 0.5) is 0 Å². The van der Waals surface area contributed by atoms with Crippen molar-refractivity contribution in [2.45, 2.75) is 51.0 Å². The van der Waals surface area contributed by atoms with Crippen molar-refractivity contribution in [2.24, 2.45) is 5.92 Å². The van der Waals surface area contributed by atoms with Gasteiger partial charge in [0.25, 0.3) is 0 Å². The molecule has 2 heteroatoms. The molecule has 1 aliphatic carbocycles. The van der Waals surface area contributed by atoms with Crippen molar-refractivity contribution in [1.82, 2.24) is 4.90 Å². The first-order valence-electron chi connectivity index (χ1n) is 6.26. The molecule has 2 fully saturated rings. The number of aliphatic hydroxyl groups is 1. The summed E-state index contributed by atoms with van der Waals surface area (Å²) in [6, 6.07) is 0.905. The Hall–Kier alpha value is -0.0800. The molecule has 0 aromatic rings. The lowest BCUT2D eigenvalue weighted by Crippen LogP contribution is -2.35. The van der Waals surface area contributed by atoms with Crippen LogP contribution in [-0.4, -0.2) is 35.7 Å². The van der Waals surface area contributed by atoms with E-state index in [1.807, 2.05) is 0 Å². The number of nitrogens with zero attached hydrogens (tertiary/aromatic N) is 1. The Morgan fingerprint density at radius 3 is 2.79 bits per heavy atom. The highest BCUT2D eigenvalue weighted by molar-refractivity contribution is 4.89. The zero-order chi connectivity index (χ0) is 9.80. The first kappa shape index (κ1) is 10.4. The molecule has 0 aromatic carbocycles. The molecule has 2 aliphatic rings. The van der Waals surface area contributed by atoms with Crippen LogP contribution in [0.2, 0.25) is 0 Å². The van der Waals surface area contributed by atoms with Crippen molar-refractivity contribution >= 4 is 0 Å². The van der Waals surface area contributed by atoms with E-state index in [-0.39, 0.29) is 0 Å². The van der Waals surface area contributed by atoms with Crippen molar-refractivity contribution in [2.75, 3.05) is 19.7 Å². The summed E-state index contributed by atoms with van der Waals surface area (Å²) in [6.45, 7) is 2.91. The number of likely N-dealkylation sites (tertiary alicyclic amines) is 1. The van der Waals surface area contributed by atoms with Crippen LogP contribution in [0.3, 0.4) is 0 Å². The first-order chi connectivity index (χ1) is 6.92. The van der Waals surface area contributed by atoms with E-state index in [9.17, 15) is 0 Å². The molecule has 1 heterocycles. The van der Waals surface area contributed by atoms with Gasteiger partial charge in [0.1, 0.15) is 0 Å². The lowest BCUT2D eigenvalue weighted by atomic mass is 9.85. The molecule has 2 atom stereocenters. The Labute approximate surface area is 87.3 Å². The minimum Gasteiger partial charge on any atom is -0.396 e. The molecule has 0 bridgehead atoms. The van der Waals surface area contributed by atoms with Gasteiger partial charge in [0, 0.05) is 12.6 Å². The highest BCUT2D eigenvalue weighted by Gasteiger charge is 2.34. The summed E-state index contributed by atoms with van der Waals surface area (Å²) in [5.41, 5.74) is 0. The zero-order valence-corrected chi connectivity index (χ0v) is 9.12. The maximum absolute atomic E-state index is 8.75. The topological polar surface area (TPSA) is 23.5 Å². The van der Waals surface area contributed by atoms with Crippen LogP contribution < -0.4 is 0 Å². The van der Waals surface area contributed by atoms with E-state index in [0.29, 0.717) is 6.61 Å². The fourth-order valence-electron chi connectivity index (χ4n) is 3.21. The predicted octanol–water partition coefficient (Wildman–Crippen LogP) is 2.02. The highest BCUT2D eigenvalue weighted by atomic mass is 16.2. The minimum absolute atomic E-state index is 0.363. The quantitative estimate of drug-likeness (QED) is 0.697. The highest BCUT2D eigenvalue weighted by Crippen LogP contribution is 2.35. The Kier molecular flexibility index (Phi) is 3.82. The summed E-state index contributed by atoms with van der Waals surface area (Å²) in [5, 5.41) is 8.75. The van der Waals surface area contributed by atoms with Gasteiger partial charge in [-0.05, 0) is 51.1 Å². The molecule has 2 rings (SSSR count). The second-order valence-electron chi connectivity index (χ2n) is 4.87. The zero-order valence-electron chi connectivity index (χ0n) is 9.12. The number of unbranched alkanes of at least 4 members (excludes halogenated alkanes) is 1. The molecule has 2 unspecified atom stereocenters. The number of rotatable bonds is 4. The summed E-state index contributed by atoms with van der Waals surface area (Å²) in [6.07, 6.45) is 9.41. The molecular formula is C12H23NO. The lowest BCUT2D eigenvalue weighted by Gasteiger charge is -2.31. The van der Waals surface area contributed by atoms with Crippen molar-refractivity contribution in [3.8, 4) is 0 Å². The average molecular weight is 197 g/mol. The molecule has 0 spiro atoms. The number of hydrogen-bond acceptors (Lipinski definition) is 2. The standard InChI is InChI=1S/C12H23NO/c14-10-4-3-8-13-9-7-11-5-1-2-6-12(11)13/h11-12,14H,1-10H2. The largest absolute Gasteiger partial charge is 0.396 e. The van der Waals surface area contributed by atoms with Crippen molar-refractivity contribution in [3.63, 3.8) is 0 Å². The molecule has 0 amide bonds. The second kappa shape index (κ2) is 5.13. The number of hydrogen-bond donors (Lipinski definition) is 1. The first-order valence-corrected chi connectivity index (χ1v) is 6.26. The van der Waals surface area contributed by atoms with Crippen LogP contribution in [0, 0.1) is 5.92 Å². The van der Waals surface area contributed by atoms with Crippen LogP contribution in [0.5, 0.6) is 0 Å². The van der Waals surface area contributed by atoms with Gasteiger partial charge in [0.2, 0.25) is 0 Å². The van der Waals surface area contributed by atoms with E-state index >= 15 is 0 Å². The van der Waals surface area contributed by atoms with E-state index < -0.39 is 0 Å². The third kappa shape index (κ3) is 2.29. The Bertz CT molecular complexity index is 172. The molecule has 14 heavy (non-hydrogen) atoms. The third-order valence-electron chi connectivity index (χ3n) is 3.98. The predicted molar refractivity (Wildman–Crippen MR) is 58.3 cm³/mol. The summed E-state index contributed by atoms with van der Waals surface area (Å²) in [7, 11) is 0. The van der Waals surface area contributed by atoms with Crippen LogP contribution in [0.1, 0.15) is 44.9 Å². The Morgan fingerprint density at radius 1 is 1.07 bits per heavy atom. The average Bonchev–Trinajstić information content (AvgIpc) is 2.63. The molecule has 1 saturated carbocycles. The van der Waals surface area contributed by atoms with Gasteiger partial charge in [-0.3, -0.25) is 0 Å². The van der Waals surface area contributed by atoms with Crippen LogP contribution >= 0.6 is 0 Å². The molecule has 1 aliphatic heterocycles. The van der Waals surface area contributed by atoms with Gasteiger partial charge in [-0.25, -0.2) is 0 Å². The minimum atomic E-state index is 0.363. The van der Waals surface area contributed by atoms with E-state index in [2.05, 4.69) is 4.90 Å². The fraction of sp³-hybridized carbons (Fsp3) is 1.00.